The normalized spacial score (nSPS) is 44.9. The largest absolute Gasteiger partial charge is 0.322 e. The average Bonchev–Trinajstić information content (AvgIpc) is 2.87. The lowest BCUT2D eigenvalue weighted by Gasteiger charge is -2.23. The van der Waals surface area contributed by atoms with Crippen LogP contribution in [0.4, 0.5) is 0 Å². The van der Waals surface area contributed by atoms with Crippen molar-refractivity contribution in [1.82, 2.24) is 10.2 Å². The standard InChI is InChI=1S/C12H22N2O/c1-5-10-13-12(4,6-2)11(15)14(10)9-7-8(9)3/h8-10,13H,5-7H2,1-4H3. The topological polar surface area (TPSA) is 32.3 Å². The maximum Gasteiger partial charge on any atom is 0.244 e. The van der Waals surface area contributed by atoms with Crippen LogP contribution in [0.3, 0.4) is 0 Å². The second kappa shape index (κ2) is 3.48. The molecule has 1 N–H and O–H groups in total. The van der Waals surface area contributed by atoms with Gasteiger partial charge in [-0.05, 0) is 32.1 Å². The van der Waals surface area contributed by atoms with Gasteiger partial charge < -0.3 is 4.90 Å². The van der Waals surface area contributed by atoms with Crippen LogP contribution in [0.25, 0.3) is 0 Å². The van der Waals surface area contributed by atoms with Gasteiger partial charge >= 0.3 is 0 Å². The van der Waals surface area contributed by atoms with Crippen LogP contribution in [0, 0.1) is 5.92 Å². The first-order valence-electron chi connectivity index (χ1n) is 6.14. The highest BCUT2D eigenvalue weighted by molar-refractivity contribution is 5.89. The summed E-state index contributed by atoms with van der Waals surface area (Å²) in [6.07, 6.45) is 3.33. The molecule has 4 unspecified atom stereocenters. The summed E-state index contributed by atoms with van der Waals surface area (Å²) < 4.78 is 0. The molecule has 2 aliphatic rings. The molecule has 0 aromatic rings. The predicted octanol–water partition coefficient (Wildman–Crippen LogP) is 1.73. The summed E-state index contributed by atoms with van der Waals surface area (Å²) in [5, 5.41) is 3.48. The van der Waals surface area contributed by atoms with Crippen molar-refractivity contribution in [3.05, 3.63) is 0 Å². The Morgan fingerprint density at radius 3 is 2.53 bits per heavy atom. The number of rotatable bonds is 3. The van der Waals surface area contributed by atoms with Crippen LogP contribution in [0.5, 0.6) is 0 Å². The van der Waals surface area contributed by atoms with E-state index in [0.29, 0.717) is 17.9 Å². The highest BCUT2D eigenvalue weighted by atomic mass is 16.2. The Balaban J connectivity index is 2.18. The first kappa shape index (κ1) is 10.9. The summed E-state index contributed by atoms with van der Waals surface area (Å²) in [4.78, 5) is 14.4. The number of carbonyl (C=O) groups excluding carboxylic acids is 1. The highest BCUT2D eigenvalue weighted by Crippen LogP contribution is 2.40. The maximum absolute atomic E-state index is 12.3. The Morgan fingerprint density at radius 2 is 2.13 bits per heavy atom. The molecule has 0 spiro atoms. The first-order valence-corrected chi connectivity index (χ1v) is 6.14. The van der Waals surface area contributed by atoms with Gasteiger partial charge in [0.2, 0.25) is 5.91 Å². The molecule has 1 aliphatic carbocycles. The molecular formula is C12H22N2O. The Hall–Kier alpha value is -0.570. The van der Waals surface area contributed by atoms with Gasteiger partial charge in [-0.3, -0.25) is 10.1 Å². The van der Waals surface area contributed by atoms with E-state index in [0.717, 1.165) is 12.8 Å². The van der Waals surface area contributed by atoms with Crippen molar-refractivity contribution in [3.63, 3.8) is 0 Å². The minimum absolute atomic E-state index is 0.261. The molecule has 1 saturated carbocycles. The van der Waals surface area contributed by atoms with Gasteiger partial charge in [-0.2, -0.15) is 0 Å². The molecular weight excluding hydrogens is 188 g/mol. The first-order chi connectivity index (χ1) is 7.03. The van der Waals surface area contributed by atoms with Crippen molar-refractivity contribution in [1.29, 1.82) is 0 Å². The summed E-state index contributed by atoms with van der Waals surface area (Å²) in [6.45, 7) is 8.49. The monoisotopic (exact) mass is 210 g/mol. The molecule has 0 bridgehead atoms. The van der Waals surface area contributed by atoms with Crippen molar-refractivity contribution in [2.45, 2.75) is 64.7 Å². The van der Waals surface area contributed by atoms with Crippen LogP contribution in [0.2, 0.25) is 0 Å². The van der Waals surface area contributed by atoms with Gasteiger partial charge in [-0.1, -0.05) is 20.8 Å². The van der Waals surface area contributed by atoms with E-state index in [2.05, 4.69) is 31.0 Å². The lowest BCUT2D eigenvalue weighted by atomic mass is 9.99. The Morgan fingerprint density at radius 1 is 1.53 bits per heavy atom. The summed E-state index contributed by atoms with van der Waals surface area (Å²) in [7, 11) is 0. The lowest BCUT2D eigenvalue weighted by Crippen LogP contribution is -2.43. The molecule has 2 fully saturated rings. The average molecular weight is 210 g/mol. The van der Waals surface area contributed by atoms with Crippen molar-refractivity contribution < 1.29 is 4.79 Å². The second-order valence-corrected chi connectivity index (χ2v) is 5.25. The van der Waals surface area contributed by atoms with Crippen LogP contribution in [-0.4, -0.2) is 28.6 Å². The number of nitrogens with zero attached hydrogens (tertiary/aromatic N) is 1. The number of hydrogen-bond donors (Lipinski definition) is 1. The third-order valence-corrected chi connectivity index (χ3v) is 4.05. The van der Waals surface area contributed by atoms with Gasteiger partial charge in [0.05, 0.1) is 11.7 Å². The van der Waals surface area contributed by atoms with Crippen molar-refractivity contribution in [3.8, 4) is 0 Å². The van der Waals surface area contributed by atoms with Gasteiger partial charge in [-0.25, -0.2) is 0 Å². The van der Waals surface area contributed by atoms with Gasteiger partial charge in [0, 0.05) is 6.04 Å². The molecule has 0 aromatic carbocycles. The van der Waals surface area contributed by atoms with Crippen molar-refractivity contribution in [2.24, 2.45) is 5.92 Å². The molecule has 0 aromatic heterocycles. The molecule has 3 nitrogen and oxygen atoms in total. The molecule has 4 atom stereocenters. The zero-order valence-electron chi connectivity index (χ0n) is 10.2. The molecule has 86 valence electrons. The molecule has 0 radical (unpaired) electrons. The lowest BCUT2D eigenvalue weighted by molar-refractivity contribution is -0.133. The Labute approximate surface area is 92.2 Å². The van der Waals surface area contributed by atoms with E-state index in [4.69, 9.17) is 0 Å². The Bertz CT molecular complexity index is 279. The molecule has 3 heteroatoms. The van der Waals surface area contributed by atoms with E-state index in [1.165, 1.54) is 6.42 Å². The van der Waals surface area contributed by atoms with Crippen LogP contribution in [0.1, 0.15) is 47.0 Å². The fourth-order valence-corrected chi connectivity index (χ4v) is 2.55. The molecule has 1 amide bonds. The zero-order chi connectivity index (χ0) is 11.2. The SMILES string of the molecule is CCC1NC(C)(CC)C(=O)N1C1CC1C. The number of amides is 1. The predicted molar refractivity (Wildman–Crippen MR) is 60.3 cm³/mol. The van der Waals surface area contributed by atoms with Crippen LogP contribution >= 0.6 is 0 Å². The van der Waals surface area contributed by atoms with E-state index >= 15 is 0 Å². The van der Waals surface area contributed by atoms with Gasteiger partial charge in [0.25, 0.3) is 0 Å². The molecule has 1 aliphatic heterocycles. The number of carbonyl (C=O) groups is 1. The van der Waals surface area contributed by atoms with E-state index < -0.39 is 0 Å². The fraction of sp³-hybridized carbons (Fsp3) is 0.917. The smallest absolute Gasteiger partial charge is 0.244 e. The quantitative estimate of drug-likeness (QED) is 0.769. The number of nitrogens with one attached hydrogen (secondary N) is 1. The summed E-state index contributed by atoms with van der Waals surface area (Å²) in [5.74, 6) is 1.01. The van der Waals surface area contributed by atoms with Crippen LogP contribution < -0.4 is 5.32 Å². The number of hydrogen-bond acceptors (Lipinski definition) is 2. The summed E-state index contributed by atoms with van der Waals surface area (Å²) in [6, 6.07) is 0.503. The van der Waals surface area contributed by atoms with E-state index in [9.17, 15) is 4.79 Å². The Kier molecular flexibility index (Phi) is 2.53. The van der Waals surface area contributed by atoms with E-state index in [-0.39, 0.29) is 11.7 Å². The minimum atomic E-state index is -0.316. The second-order valence-electron chi connectivity index (χ2n) is 5.25. The summed E-state index contributed by atoms with van der Waals surface area (Å²) >= 11 is 0. The molecule has 1 heterocycles. The maximum atomic E-state index is 12.3. The highest BCUT2D eigenvalue weighted by Gasteiger charge is 2.53. The van der Waals surface area contributed by atoms with E-state index in [1.54, 1.807) is 0 Å². The van der Waals surface area contributed by atoms with Crippen LogP contribution in [0.15, 0.2) is 0 Å². The molecule has 2 rings (SSSR count). The van der Waals surface area contributed by atoms with E-state index in [1.807, 2.05) is 6.92 Å². The van der Waals surface area contributed by atoms with Crippen LogP contribution in [-0.2, 0) is 4.79 Å². The van der Waals surface area contributed by atoms with Gasteiger partial charge in [-0.15, -0.1) is 0 Å². The van der Waals surface area contributed by atoms with Gasteiger partial charge in [0.1, 0.15) is 0 Å². The minimum Gasteiger partial charge on any atom is -0.322 e. The molecule has 1 saturated heterocycles. The fourth-order valence-electron chi connectivity index (χ4n) is 2.55. The third kappa shape index (κ3) is 1.57. The third-order valence-electron chi connectivity index (χ3n) is 4.05. The van der Waals surface area contributed by atoms with Gasteiger partial charge in [0.15, 0.2) is 0 Å². The van der Waals surface area contributed by atoms with Crippen molar-refractivity contribution >= 4 is 5.91 Å². The molecule has 15 heavy (non-hydrogen) atoms. The summed E-state index contributed by atoms with van der Waals surface area (Å²) in [5.41, 5.74) is -0.316. The zero-order valence-corrected chi connectivity index (χ0v) is 10.2. The van der Waals surface area contributed by atoms with Crippen molar-refractivity contribution in [2.75, 3.05) is 0 Å².